The van der Waals surface area contributed by atoms with Crippen LogP contribution < -0.4 is 20.4 Å². The highest BCUT2D eigenvalue weighted by Gasteiger charge is 2.26. The van der Waals surface area contributed by atoms with Crippen LogP contribution >= 0.6 is 0 Å². The topological polar surface area (TPSA) is 29.2 Å². The highest BCUT2D eigenvalue weighted by Crippen LogP contribution is 2.46. The highest BCUT2D eigenvalue weighted by molar-refractivity contribution is 6.09. The van der Waals surface area contributed by atoms with E-state index in [1.54, 1.807) is 0 Å². The molecule has 17 rings (SSSR count). The molecule has 3 aromatic heterocycles. The van der Waals surface area contributed by atoms with Gasteiger partial charge in [0, 0.05) is 102 Å². The quantitative estimate of drug-likeness (QED) is 0.122. The molecule has 0 saturated heterocycles. The van der Waals surface area contributed by atoms with Gasteiger partial charge >= 0.3 is 0 Å². The average Bonchev–Trinajstić information content (AvgIpc) is 1.44. The first-order valence-electron chi connectivity index (χ1n) is 32.0. The number of allylic oxidation sites excluding steroid dienone is 9. The standard InChI is InChI=1S/C88H63N5/c1-3-4-30-85-59(2)82-27-13-16-31-86(82)92(85)80-53-71(54-81(56-80)93-87-32-17-14-28-83(87)84-29-15-18-33-88(84)93)73-46-72(57-89-58-73)65-36-34-64(35-37-65)70-51-78(90(74-42-38-60-19-5-9-23-66(60)47-74)75-43-39-61-20-6-10-24-67(61)48-75)55-79(52-70)91(76-44-40-62-21-7-11-25-68(62)49-76)77-45-41-63-22-8-12-26-69(63)50-77/h3-58,60,66H,2H2,1H3/b4-3-,85-30+. The minimum absolute atomic E-state index is 0.222. The summed E-state index contributed by atoms with van der Waals surface area (Å²) in [7, 11) is 0. The second-order valence-electron chi connectivity index (χ2n) is 24.4. The van der Waals surface area contributed by atoms with Gasteiger partial charge in [-0.05, 0) is 171 Å². The largest absolute Gasteiger partial charge is 0.311 e. The number of rotatable bonds is 12. The Kier molecular flexibility index (Phi) is 13.7. The lowest BCUT2D eigenvalue weighted by molar-refractivity contribution is 0.652. The van der Waals surface area contributed by atoms with Gasteiger partial charge in [-0.2, -0.15) is 0 Å². The van der Waals surface area contributed by atoms with Gasteiger partial charge in [0.2, 0.25) is 0 Å². The molecule has 2 unspecified atom stereocenters. The number of anilines is 5. The zero-order valence-corrected chi connectivity index (χ0v) is 51.4. The summed E-state index contributed by atoms with van der Waals surface area (Å²) in [5, 5.41) is 12.7. The van der Waals surface area contributed by atoms with Crippen molar-refractivity contribution in [1.82, 2.24) is 14.1 Å². The Morgan fingerprint density at radius 2 is 0.839 bits per heavy atom. The first-order valence-corrected chi connectivity index (χ1v) is 32.0. The van der Waals surface area contributed by atoms with Gasteiger partial charge in [-0.25, -0.2) is 0 Å². The van der Waals surface area contributed by atoms with Crippen LogP contribution in [-0.2, 0) is 0 Å². The molecular formula is C88H63N5. The van der Waals surface area contributed by atoms with Gasteiger partial charge in [0.25, 0.3) is 0 Å². The van der Waals surface area contributed by atoms with Gasteiger partial charge in [-0.3, -0.25) is 4.98 Å². The fourth-order valence-electron chi connectivity index (χ4n) is 14.3. The fraction of sp³-hybridized carbons (Fsp3) is 0.0341. The number of hydrogen-bond donors (Lipinski definition) is 0. The summed E-state index contributed by atoms with van der Waals surface area (Å²) in [6, 6.07) is 98.0. The summed E-state index contributed by atoms with van der Waals surface area (Å²) < 4.78 is 4.77. The van der Waals surface area contributed by atoms with E-state index in [-0.39, 0.29) is 5.92 Å². The Hall–Kier alpha value is -12.1. The van der Waals surface area contributed by atoms with E-state index in [9.17, 15) is 0 Å². The van der Waals surface area contributed by atoms with Crippen LogP contribution in [0.1, 0.15) is 6.92 Å². The molecule has 0 spiro atoms. The fourth-order valence-corrected chi connectivity index (χ4v) is 14.3. The van der Waals surface area contributed by atoms with Gasteiger partial charge < -0.3 is 18.9 Å². The molecule has 12 aromatic carbocycles. The zero-order chi connectivity index (χ0) is 61.9. The molecule has 0 saturated carbocycles. The molecule has 0 aliphatic heterocycles. The predicted molar refractivity (Wildman–Crippen MR) is 394 cm³/mol. The summed E-state index contributed by atoms with van der Waals surface area (Å²) in [4.78, 5) is 9.93. The Morgan fingerprint density at radius 3 is 1.42 bits per heavy atom. The van der Waals surface area contributed by atoms with Crippen molar-refractivity contribution in [2.75, 3.05) is 9.80 Å². The second-order valence-corrected chi connectivity index (χ2v) is 24.4. The van der Waals surface area contributed by atoms with Crippen LogP contribution in [0.3, 0.4) is 0 Å². The van der Waals surface area contributed by atoms with Crippen molar-refractivity contribution in [3.63, 3.8) is 0 Å². The van der Waals surface area contributed by atoms with Crippen LogP contribution in [0, 0.1) is 11.8 Å². The van der Waals surface area contributed by atoms with E-state index in [2.05, 4.69) is 360 Å². The highest BCUT2D eigenvalue weighted by atomic mass is 15.2. The van der Waals surface area contributed by atoms with Gasteiger partial charge in [0.15, 0.2) is 0 Å². The minimum atomic E-state index is 0.222. The molecule has 93 heavy (non-hydrogen) atoms. The molecule has 2 aliphatic carbocycles. The third-order valence-electron chi connectivity index (χ3n) is 18.8. The van der Waals surface area contributed by atoms with E-state index in [0.29, 0.717) is 5.92 Å². The molecule has 2 aliphatic rings. The third kappa shape index (κ3) is 9.95. The lowest BCUT2D eigenvalue weighted by Gasteiger charge is -2.33. The van der Waals surface area contributed by atoms with E-state index in [4.69, 9.17) is 4.98 Å². The zero-order valence-electron chi connectivity index (χ0n) is 51.4. The Balaban J connectivity index is 0.832. The van der Waals surface area contributed by atoms with E-state index < -0.39 is 0 Å². The van der Waals surface area contributed by atoms with Crippen molar-refractivity contribution in [3.8, 4) is 44.8 Å². The number of benzene rings is 12. The van der Waals surface area contributed by atoms with E-state index in [1.165, 1.54) is 43.1 Å². The molecule has 5 heteroatoms. The SMILES string of the molecule is C=c1/c(=C\C=C/C)n(-c2cc(-c3cncc(-c4ccc(-c5cc(N(C6=CC7C=CC=CC7C=C6)c6ccc7ccccc7c6)cc(N(c6ccc7ccccc7c6)c6ccc7ccccc7c6)c5)cc4)c3)cc(-n3c4ccccc4c4ccccc43)c2)c2ccccc12. The number of pyridine rings is 1. The van der Waals surface area contributed by atoms with Crippen LogP contribution in [0.4, 0.5) is 28.4 Å². The maximum atomic E-state index is 5.03. The average molecular weight is 1190 g/mol. The van der Waals surface area contributed by atoms with E-state index >= 15 is 0 Å². The molecule has 0 radical (unpaired) electrons. The maximum Gasteiger partial charge on any atom is 0.0541 e. The molecule has 0 amide bonds. The smallest absolute Gasteiger partial charge is 0.0541 e. The lowest BCUT2D eigenvalue weighted by atomic mass is 9.84. The predicted octanol–water partition coefficient (Wildman–Crippen LogP) is 21.8. The van der Waals surface area contributed by atoms with Gasteiger partial charge in [-0.1, -0.05) is 225 Å². The summed E-state index contributed by atoms with van der Waals surface area (Å²) in [6.07, 6.45) is 26.5. The molecule has 0 fully saturated rings. The number of nitrogens with zero attached hydrogens (tertiary/aromatic N) is 5. The van der Waals surface area contributed by atoms with Crippen LogP contribution in [0.15, 0.2) is 340 Å². The maximum absolute atomic E-state index is 5.03. The second kappa shape index (κ2) is 23.1. The van der Waals surface area contributed by atoms with Crippen molar-refractivity contribution < 1.29 is 0 Å². The van der Waals surface area contributed by atoms with Crippen LogP contribution in [-0.4, -0.2) is 14.1 Å². The summed E-state index contributed by atoms with van der Waals surface area (Å²) in [6.45, 7) is 6.71. The Morgan fingerprint density at radius 1 is 0.376 bits per heavy atom. The Bertz CT molecular complexity index is 5640. The van der Waals surface area contributed by atoms with Crippen molar-refractivity contribution in [3.05, 3.63) is 350 Å². The van der Waals surface area contributed by atoms with Gasteiger partial charge in [0.05, 0.1) is 21.9 Å². The molecule has 0 N–H and O–H groups in total. The van der Waals surface area contributed by atoms with Crippen molar-refractivity contribution in [2.24, 2.45) is 11.8 Å². The van der Waals surface area contributed by atoms with Gasteiger partial charge in [0.1, 0.15) is 0 Å². The number of aromatic nitrogens is 3. The van der Waals surface area contributed by atoms with E-state index in [1.807, 2.05) is 12.4 Å². The molecule has 0 bridgehead atoms. The van der Waals surface area contributed by atoms with Crippen LogP contribution in [0.2, 0.25) is 0 Å². The van der Waals surface area contributed by atoms with Crippen LogP contribution in [0.5, 0.6) is 0 Å². The molecule has 2 atom stereocenters. The van der Waals surface area contributed by atoms with Gasteiger partial charge in [-0.15, -0.1) is 0 Å². The van der Waals surface area contributed by atoms with Crippen LogP contribution in [0.25, 0.3) is 122 Å². The van der Waals surface area contributed by atoms with E-state index in [0.717, 1.165) is 111 Å². The lowest BCUT2D eigenvalue weighted by Crippen LogP contribution is -2.27. The number of fused-ring (bicyclic) bond motifs is 8. The summed E-state index contributed by atoms with van der Waals surface area (Å²) >= 11 is 0. The normalized spacial score (nSPS) is 14.7. The molecule has 5 nitrogen and oxygen atoms in total. The molecule has 3 heterocycles. The number of para-hydroxylation sites is 3. The molecule has 15 aromatic rings. The summed E-state index contributed by atoms with van der Waals surface area (Å²) in [5.41, 5.74) is 18.2. The summed E-state index contributed by atoms with van der Waals surface area (Å²) in [5.74, 6) is 0.520. The number of hydrogen-bond acceptors (Lipinski definition) is 3. The van der Waals surface area contributed by atoms with Crippen molar-refractivity contribution >= 4 is 106 Å². The third-order valence-corrected chi connectivity index (χ3v) is 18.8. The minimum Gasteiger partial charge on any atom is -0.311 e. The Labute approximate surface area is 540 Å². The first kappa shape index (κ1) is 55.1. The molecular weight excluding hydrogens is 1130 g/mol. The first-order chi connectivity index (χ1) is 45.9. The van der Waals surface area contributed by atoms with Crippen molar-refractivity contribution in [1.29, 1.82) is 0 Å². The monoisotopic (exact) mass is 1190 g/mol. The van der Waals surface area contributed by atoms with Crippen molar-refractivity contribution in [2.45, 2.75) is 6.92 Å². The molecule has 440 valence electrons.